The van der Waals surface area contributed by atoms with Gasteiger partial charge in [-0.1, -0.05) is 243 Å². The van der Waals surface area contributed by atoms with E-state index in [0.29, 0.717) is 19.3 Å². The number of allylic oxidation sites excluding steroid dienone is 6. The summed E-state index contributed by atoms with van der Waals surface area (Å²) in [4.78, 5) is 38.1. The Bertz CT molecular complexity index is 1090. The average Bonchev–Trinajstić information content (AvgIpc) is 3.30. The van der Waals surface area contributed by atoms with Gasteiger partial charge in [0.2, 0.25) is 0 Å². The van der Waals surface area contributed by atoms with Crippen molar-refractivity contribution in [2.45, 2.75) is 309 Å². The van der Waals surface area contributed by atoms with Crippen LogP contribution in [0, 0.1) is 0 Å². The molecule has 0 N–H and O–H groups in total. The fourth-order valence-electron chi connectivity index (χ4n) is 8.29. The van der Waals surface area contributed by atoms with Crippen molar-refractivity contribution in [3.63, 3.8) is 0 Å². The van der Waals surface area contributed by atoms with Crippen LogP contribution in [0.4, 0.5) is 0 Å². The van der Waals surface area contributed by atoms with Crippen molar-refractivity contribution in [1.82, 2.24) is 0 Å². The minimum absolute atomic E-state index is 0.0756. The number of ether oxygens (including phenoxy) is 3. The first-order valence-corrected chi connectivity index (χ1v) is 28.5. The number of rotatable bonds is 52. The molecule has 0 radical (unpaired) electrons. The first kappa shape index (κ1) is 62.6. The third kappa shape index (κ3) is 52.5. The number of unbranched alkanes of at least 4 members (excludes halogenated alkanes) is 35. The molecule has 0 aromatic heterocycles. The molecule has 0 aliphatic rings. The van der Waals surface area contributed by atoms with Gasteiger partial charge >= 0.3 is 17.9 Å². The maximum absolute atomic E-state index is 12.8. The van der Waals surface area contributed by atoms with Gasteiger partial charge in [-0.2, -0.15) is 0 Å². The van der Waals surface area contributed by atoms with E-state index in [4.69, 9.17) is 14.2 Å². The van der Waals surface area contributed by atoms with E-state index in [2.05, 4.69) is 57.2 Å². The van der Waals surface area contributed by atoms with E-state index in [-0.39, 0.29) is 31.1 Å². The van der Waals surface area contributed by atoms with Crippen LogP contribution < -0.4 is 0 Å². The van der Waals surface area contributed by atoms with E-state index in [9.17, 15) is 14.4 Å². The summed E-state index contributed by atoms with van der Waals surface area (Å²) in [5.74, 6) is -0.875. The third-order valence-corrected chi connectivity index (χ3v) is 12.6. The molecule has 0 aliphatic heterocycles. The van der Waals surface area contributed by atoms with Gasteiger partial charge in [0.15, 0.2) is 6.10 Å². The normalized spacial score (nSPS) is 12.2. The van der Waals surface area contributed by atoms with Crippen LogP contribution in [0.2, 0.25) is 0 Å². The highest BCUT2D eigenvalue weighted by Gasteiger charge is 2.19. The molecule has 0 saturated heterocycles. The van der Waals surface area contributed by atoms with Gasteiger partial charge in [-0.3, -0.25) is 14.4 Å². The van der Waals surface area contributed by atoms with Gasteiger partial charge in [-0.15, -0.1) is 0 Å². The summed E-state index contributed by atoms with van der Waals surface area (Å²) in [6.07, 6.45) is 64.1. The second-order valence-corrected chi connectivity index (χ2v) is 19.2. The largest absolute Gasteiger partial charge is 0.462 e. The van der Waals surface area contributed by atoms with Crippen molar-refractivity contribution in [2.75, 3.05) is 13.2 Å². The van der Waals surface area contributed by atoms with E-state index in [0.717, 1.165) is 77.0 Å². The SMILES string of the molecule is CCCCCC/C=C\C/C=C\CCCCCCCCCC(=O)OCC(COC(=O)CCCCCCC/C=C\CCCCCC)OC(=O)CCCCCCCCCCCCCCCCCC. The molecule has 0 aromatic rings. The standard InChI is InChI=1S/C59H108O6/c1-4-7-10-13-16-19-22-25-27-29-30-32-34-37-40-43-46-49-52-58(61)64-55-56(54-63-57(60)51-48-45-42-39-36-33-24-21-18-15-12-9-6-3)65-59(62)53-50-47-44-41-38-35-31-28-26-23-20-17-14-11-8-5-2/h19,21-22,24,27,29,56H,4-18,20,23,25-26,28,30-55H2,1-3H3/b22-19-,24-21-,29-27-. The van der Waals surface area contributed by atoms with Crippen molar-refractivity contribution >= 4 is 17.9 Å². The predicted molar refractivity (Wildman–Crippen MR) is 279 cm³/mol. The predicted octanol–water partition coefficient (Wildman–Crippen LogP) is 18.9. The van der Waals surface area contributed by atoms with Crippen molar-refractivity contribution in [1.29, 1.82) is 0 Å². The zero-order valence-electron chi connectivity index (χ0n) is 43.5. The van der Waals surface area contributed by atoms with Gasteiger partial charge in [0.25, 0.3) is 0 Å². The van der Waals surface area contributed by atoms with Crippen LogP contribution >= 0.6 is 0 Å². The van der Waals surface area contributed by atoms with Crippen LogP contribution in [0.15, 0.2) is 36.5 Å². The molecule has 6 nitrogen and oxygen atoms in total. The summed E-state index contributed by atoms with van der Waals surface area (Å²) in [5.41, 5.74) is 0. The summed E-state index contributed by atoms with van der Waals surface area (Å²) in [7, 11) is 0. The number of carbonyl (C=O) groups is 3. The Kier molecular flexibility index (Phi) is 52.3. The molecular formula is C59H108O6. The Balaban J connectivity index is 4.35. The molecule has 65 heavy (non-hydrogen) atoms. The van der Waals surface area contributed by atoms with E-state index in [1.807, 2.05) is 0 Å². The molecule has 0 amide bonds. The lowest BCUT2D eigenvalue weighted by atomic mass is 10.0. The Hall–Kier alpha value is -2.37. The first-order valence-electron chi connectivity index (χ1n) is 28.5. The van der Waals surface area contributed by atoms with Crippen LogP contribution in [0.3, 0.4) is 0 Å². The molecule has 0 heterocycles. The lowest BCUT2D eigenvalue weighted by Crippen LogP contribution is -2.30. The summed E-state index contributed by atoms with van der Waals surface area (Å²) >= 11 is 0. The fourth-order valence-corrected chi connectivity index (χ4v) is 8.29. The maximum Gasteiger partial charge on any atom is 0.306 e. The quantitative estimate of drug-likeness (QED) is 0.0262. The highest BCUT2D eigenvalue weighted by molar-refractivity contribution is 5.71. The smallest absolute Gasteiger partial charge is 0.306 e. The third-order valence-electron chi connectivity index (χ3n) is 12.6. The van der Waals surface area contributed by atoms with Crippen molar-refractivity contribution in [3.05, 3.63) is 36.5 Å². The summed E-state index contributed by atoms with van der Waals surface area (Å²) < 4.78 is 16.9. The van der Waals surface area contributed by atoms with E-state index >= 15 is 0 Å². The summed E-state index contributed by atoms with van der Waals surface area (Å²) in [6, 6.07) is 0. The number of esters is 3. The van der Waals surface area contributed by atoms with Crippen LogP contribution in [0.1, 0.15) is 303 Å². The topological polar surface area (TPSA) is 78.9 Å². The van der Waals surface area contributed by atoms with Crippen molar-refractivity contribution in [3.8, 4) is 0 Å². The summed E-state index contributed by atoms with van der Waals surface area (Å²) in [5, 5.41) is 0. The molecule has 0 aliphatic carbocycles. The van der Waals surface area contributed by atoms with Crippen molar-refractivity contribution in [2.24, 2.45) is 0 Å². The van der Waals surface area contributed by atoms with Gasteiger partial charge in [0.05, 0.1) is 0 Å². The fraction of sp³-hybridized carbons (Fsp3) is 0.847. The highest BCUT2D eigenvalue weighted by Crippen LogP contribution is 2.16. The van der Waals surface area contributed by atoms with Gasteiger partial charge < -0.3 is 14.2 Å². The molecular weight excluding hydrogens is 805 g/mol. The minimum Gasteiger partial charge on any atom is -0.462 e. The van der Waals surface area contributed by atoms with Crippen LogP contribution in [0.25, 0.3) is 0 Å². The molecule has 1 unspecified atom stereocenters. The van der Waals surface area contributed by atoms with Gasteiger partial charge in [-0.25, -0.2) is 0 Å². The van der Waals surface area contributed by atoms with Gasteiger partial charge in [-0.05, 0) is 77.0 Å². The van der Waals surface area contributed by atoms with Crippen LogP contribution in [-0.2, 0) is 28.6 Å². The van der Waals surface area contributed by atoms with E-state index in [1.54, 1.807) is 0 Å². The molecule has 0 saturated carbocycles. The second kappa shape index (κ2) is 54.2. The number of hydrogen-bond donors (Lipinski definition) is 0. The Morgan fingerprint density at radius 3 is 0.877 bits per heavy atom. The Labute approximate surface area is 404 Å². The first-order chi connectivity index (χ1) is 32.0. The summed E-state index contributed by atoms with van der Waals surface area (Å²) in [6.45, 7) is 6.63. The monoisotopic (exact) mass is 913 g/mol. The van der Waals surface area contributed by atoms with Crippen LogP contribution in [0.5, 0.6) is 0 Å². The molecule has 6 heteroatoms. The number of carbonyl (C=O) groups excluding carboxylic acids is 3. The van der Waals surface area contributed by atoms with Crippen molar-refractivity contribution < 1.29 is 28.6 Å². The molecule has 0 spiro atoms. The lowest BCUT2D eigenvalue weighted by Gasteiger charge is -2.18. The zero-order chi connectivity index (χ0) is 47.2. The molecule has 0 aromatic carbocycles. The molecule has 1 atom stereocenters. The minimum atomic E-state index is -0.775. The van der Waals surface area contributed by atoms with Gasteiger partial charge in [0.1, 0.15) is 13.2 Å². The van der Waals surface area contributed by atoms with Crippen LogP contribution in [-0.4, -0.2) is 37.2 Å². The maximum atomic E-state index is 12.8. The Morgan fingerprint density at radius 1 is 0.308 bits per heavy atom. The Morgan fingerprint density at radius 2 is 0.554 bits per heavy atom. The zero-order valence-corrected chi connectivity index (χ0v) is 43.5. The average molecular weight is 914 g/mol. The molecule has 380 valence electrons. The lowest BCUT2D eigenvalue weighted by molar-refractivity contribution is -0.167. The number of hydrogen-bond acceptors (Lipinski definition) is 6. The van der Waals surface area contributed by atoms with E-state index in [1.165, 1.54) is 186 Å². The second-order valence-electron chi connectivity index (χ2n) is 19.2. The highest BCUT2D eigenvalue weighted by atomic mass is 16.6. The molecule has 0 rings (SSSR count). The molecule has 0 bridgehead atoms. The molecule has 0 fully saturated rings. The van der Waals surface area contributed by atoms with E-state index < -0.39 is 6.10 Å². The van der Waals surface area contributed by atoms with Gasteiger partial charge in [0, 0.05) is 19.3 Å².